The molecule has 0 saturated carbocycles. The van der Waals surface area contributed by atoms with Crippen molar-refractivity contribution in [3.05, 3.63) is 60.7 Å². The van der Waals surface area contributed by atoms with Crippen molar-refractivity contribution in [3.8, 4) is 0 Å². The first-order valence-corrected chi connectivity index (χ1v) is 6.76. The van der Waals surface area contributed by atoms with Gasteiger partial charge in [0, 0.05) is 5.69 Å². The van der Waals surface area contributed by atoms with Crippen molar-refractivity contribution in [1.29, 1.82) is 0 Å². The molecule has 0 heterocycles. The van der Waals surface area contributed by atoms with Gasteiger partial charge in [0.05, 0.1) is 9.52 Å². The molecule has 0 radical (unpaired) electrons. The Kier molecular flexibility index (Phi) is 3.22. The van der Waals surface area contributed by atoms with Crippen LogP contribution in [0.5, 0.6) is 0 Å². The van der Waals surface area contributed by atoms with Crippen LogP contribution in [0.4, 0.5) is 5.69 Å². The molecule has 0 bridgehead atoms. The van der Waals surface area contributed by atoms with Gasteiger partial charge in [-0.2, -0.15) is 0 Å². The fraction of sp³-hybridized carbons (Fsp3) is 0. The number of hydrogen-bond donors (Lipinski definition) is 1. The van der Waals surface area contributed by atoms with Crippen LogP contribution in [0, 0.1) is 0 Å². The fourth-order valence-electron chi connectivity index (χ4n) is 1.78. The van der Waals surface area contributed by atoms with Gasteiger partial charge in [0.2, 0.25) is 0 Å². The second kappa shape index (κ2) is 4.81. The van der Waals surface area contributed by atoms with E-state index in [9.17, 15) is 0 Å². The van der Waals surface area contributed by atoms with Crippen molar-refractivity contribution < 1.29 is 0 Å². The summed E-state index contributed by atoms with van der Waals surface area (Å²) in [4.78, 5) is 0. The van der Waals surface area contributed by atoms with E-state index in [0.29, 0.717) is 0 Å². The maximum Gasteiger partial charge on any atom is 0.0902 e. The normalized spacial score (nSPS) is 10.8. The van der Waals surface area contributed by atoms with Crippen molar-refractivity contribution in [2.75, 3.05) is 5.73 Å². The summed E-state index contributed by atoms with van der Waals surface area (Å²) in [5, 5.41) is 2.71. The Morgan fingerprint density at radius 1 is 1.00 bits per heavy atom. The third-order valence-corrected chi connectivity index (χ3v) is 4.56. The minimum absolute atomic E-state index is 0.467. The molecule has 2 heteroatoms. The highest BCUT2D eigenvalue weighted by atomic mass is 28.2. The smallest absolute Gasteiger partial charge is 0.0902 e. The summed E-state index contributed by atoms with van der Waals surface area (Å²) in [7, 11) is -0.467. The highest BCUT2D eigenvalue weighted by Gasteiger charge is 2.03. The third kappa shape index (κ3) is 2.23. The molecule has 2 aromatic carbocycles. The van der Waals surface area contributed by atoms with Crippen molar-refractivity contribution in [1.82, 2.24) is 0 Å². The van der Waals surface area contributed by atoms with Gasteiger partial charge in [0.15, 0.2) is 0 Å². The Balaban J connectivity index is 2.32. The molecule has 0 unspecified atom stereocenters. The van der Waals surface area contributed by atoms with E-state index in [2.05, 4.69) is 43.0 Å². The Bertz CT molecular complexity index is 491. The predicted molar refractivity (Wildman–Crippen MR) is 75.2 cm³/mol. The van der Waals surface area contributed by atoms with Crippen LogP contribution >= 0.6 is 0 Å². The summed E-state index contributed by atoms with van der Waals surface area (Å²) in [5.41, 5.74) is 8.04. The van der Waals surface area contributed by atoms with Gasteiger partial charge in [0.25, 0.3) is 0 Å². The molecule has 0 saturated heterocycles. The molecule has 0 fully saturated rings. The Labute approximate surface area is 98.4 Å². The van der Waals surface area contributed by atoms with Crippen molar-refractivity contribution in [3.63, 3.8) is 0 Å². The largest absolute Gasteiger partial charge is 0.398 e. The van der Waals surface area contributed by atoms with Gasteiger partial charge in [-0.1, -0.05) is 66.4 Å². The van der Waals surface area contributed by atoms with Crippen molar-refractivity contribution in [2.24, 2.45) is 0 Å². The molecule has 0 aliphatic rings. The lowest BCUT2D eigenvalue weighted by Crippen LogP contribution is -2.29. The van der Waals surface area contributed by atoms with Gasteiger partial charge in [-0.3, -0.25) is 0 Å². The van der Waals surface area contributed by atoms with Crippen LogP contribution in [0.25, 0.3) is 6.08 Å². The minimum Gasteiger partial charge on any atom is -0.398 e. The van der Waals surface area contributed by atoms with E-state index < -0.39 is 9.52 Å². The molecule has 2 N–H and O–H groups in total. The summed E-state index contributed by atoms with van der Waals surface area (Å²) < 4.78 is 0. The van der Waals surface area contributed by atoms with E-state index in [1.165, 1.54) is 10.4 Å². The summed E-state index contributed by atoms with van der Waals surface area (Å²) in [6.45, 7) is 3.78. The minimum atomic E-state index is -0.467. The molecule has 16 heavy (non-hydrogen) atoms. The van der Waals surface area contributed by atoms with E-state index >= 15 is 0 Å². The molecule has 0 aromatic heterocycles. The Morgan fingerprint density at radius 3 is 2.44 bits per heavy atom. The number of nitrogen functional groups attached to an aromatic ring is 1. The van der Waals surface area contributed by atoms with Crippen LogP contribution < -0.4 is 16.1 Å². The third-order valence-electron chi connectivity index (χ3n) is 2.69. The van der Waals surface area contributed by atoms with Gasteiger partial charge in [-0.05, 0) is 10.8 Å². The zero-order valence-electron chi connectivity index (χ0n) is 9.19. The standard InChI is InChI=1S/C14H15NSi/c1-2-11-7-6-10-13(14(11)15)16-12-8-4-3-5-9-12/h2-10H,1,15-16H2. The molecule has 80 valence electrons. The maximum atomic E-state index is 6.11. The molecule has 2 rings (SSSR count). The van der Waals surface area contributed by atoms with Crippen LogP contribution in [0.15, 0.2) is 55.1 Å². The number of rotatable bonds is 3. The average molecular weight is 225 g/mol. The Hall–Kier alpha value is -1.80. The molecule has 0 aliphatic carbocycles. The topological polar surface area (TPSA) is 26.0 Å². The van der Waals surface area contributed by atoms with Gasteiger partial charge in [-0.15, -0.1) is 0 Å². The first kappa shape index (κ1) is 10.7. The molecule has 0 atom stereocenters. The maximum absolute atomic E-state index is 6.11. The molecule has 2 aromatic rings. The van der Waals surface area contributed by atoms with Crippen LogP contribution in [-0.4, -0.2) is 9.52 Å². The van der Waals surface area contributed by atoms with Crippen molar-refractivity contribution >= 4 is 31.7 Å². The van der Waals surface area contributed by atoms with E-state index in [1.807, 2.05) is 18.2 Å². The van der Waals surface area contributed by atoms with Crippen LogP contribution in [-0.2, 0) is 0 Å². The number of benzene rings is 2. The van der Waals surface area contributed by atoms with E-state index in [4.69, 9.17) is 5.73 Å². The van der Waals surface area contributed by atoms with Crippen molar-refractivity contribution in [2.45, 2.75) is 0 Å². The summed E-state index contributed by atoms with van der Waals surface area (Å²) in [6, 6.07) is 16.7. The number of anilines is 1. The second-order valence-corrected chi connectivity index (χ2v) is 5.72. The van der Waals surface area contributed by atoms with E-state index in [-0.39, 0.29) is 0 Å². The summed E-state index contributed by atoms with van der Waals surface area (Å²) >= 11 is 0. The number of nitrogens with two attached hydrogens (primary N) is 1. The quantitative estimate of drug-likeness (QED) is 0.613. The lowest BCUT2D eigenvalue weighted by Gasteiger charge is -2.08. The SMILES string of the molecule is C=Cc1cccc([SiH2]c2ccccc2)c1N. The summed E-state index contributed by atoms with van der Waals surface area (Å²) in [6.07, 6.45) is 1.82. The molecule has 0 spiro atoms. The molecule has 1 nitrogen and oxygen atoms in total. The lowest BCUT2D eigenvalue weighted by molar-refractivity contribution is 1.68. The van der Waals surface area contributed by atoms with Gasteiger partial charge in [0.1, 0.15) is 0 Å². The number of para-hydroxylation sites is 1. The predicted octanol–water partition coefficient (Wildman–Crippen LogP) is 1.03. The zero-order valence-corrected chi connectivity index (χ0v) is 10.6. The lowest BCUT2D eigenvalue weighted by atomic mass is 10.2. The summed E-state index contributed by atoms with van der Waals surface area (Å²) in [5.74, 6) is 0. The first-order chi connectivity index (χ1) is 7.81. The number of hydrogen-bond acceptors (Lipinski definition) is 1. The van der Waals surface area contributed by atoms with Crippen LogP contribution in [0.1, 0.15) is 5.56 Å². The molecular formula is C14H15NSi. The van der Waals surface area contributed by atoms with Gasteiger partial charge in [-0.25, -0.2) is 0 Å². The highest BCUT2D eigenvalue weighted by molar-refractivity contribution is 6.68. The second-order valence-electron chi connectivity index (χ2n) is 3.79. The van der Waals surface area contributed by atoms with Crippen LogP contribution in [0.3, 0.4) is 0 Å². The molecule has 0 aliphatic heterocycles. The van der Waals surface area contributed by atoms with E-state index in [1.54, 1.807) is 0 Å². The Morgan fingerprint density at radius 2 is 1.75 bits per heavy atom. The zero-order chi connectivity index (χ0) is 11.4. The van der Waals surface area contributed by atoms with E-state index in [0.717, 1.165) is 11.3 Å². The van der Waals surface area contributed by atoms with Crippen LogP contribution in [0.2, 0.25) is 0 Å². The highest BCUT2D eigenvalue weighted by Crippen LogP contribution is 2.08. The first-order valence-electron chi connectivity index (χ1n) is 5.35. The fourth-order valence-corrected chi connectivity index (χ4v) is 3.38. The van der Waals surface area contributed by atoms with Gasteiger partial charge < -0.3 is 5.73 Å². The van der Waals surface area contributed by atoms with Gasteiger partial charge >= 0.3 is 0 Å². The molecule has 0 amide bonds. The molecular weight excluding hydrogens is 210 g/mol. The average Bonchev–Trinajstić information content (AvgIpc) is 2.33. The monoisotopic (exact) mass is 225 g/mol.